The van der Waals surface area contributed by atoms with E-state index in [1.807, 2.05) is 6.07 Å². The van der Waals surface area contributed by atoms with Gasteiger partial charge in [0.15, 0.2) is 0 Å². The number of rotatable bonds is 3. The van der Waals surface area contributed by atoms with Crippen molar-refractivity contribution >= 4 is 0 Å². The summed E-state index contributed by atoms with van der Waals surface area (Å²) in [6.07, 6.45) is 2.93. The fourth-order valence-corrected chi connectivity index (χ4v) is 1.92. The average Bonchev–Trinajstić information content (AvgIpc) is 3.09. The van der Waals surface area contributed by atoms with E-state index in [0.29, 0.717) is 0 Å². The van der Waals surface area contributed by atoms with E-state index in [1.165, 1.54) is 5.56 Å². The smallest absolute Gasteiger partial charge is 0.123 e. The normalized spacial score (nSPS) is 16.9. The summed E-state index contributed by atoms with van der Waals surface area (Å²) < 4.78 is 5.32. The van der Waals surface area contributed by atoms with Crippen LogP contribution in [0.4, 0.5) is 0 Å². The van der Waals surface area contributed by atoms with Crippen LogP contribution in [0.25, 0.3) is 0 Å². The van der Waals surface area contributed by atoms with E-state index in [4.69, 9.17) is 4.74 Å². The predicted octanol–water partition coefficient (Wildman–Crippen LogP) is 2.81. The van der Waals surface area contributed by atoms with Crippen molar-refractivity contribution in [2.24, 2.45) is 0 Å². The first-order chi connectivity index (χ1) is 7.25. The van der Waals surface area contributed by atoms with Gasteiger partial charge in [0.05, 0.1) is 18.6 Å². The van der Waals surface area contributed by atoms with E-state index >= 15 is 0 Å². The van der Waals surface area contributed by atoms with Crippen LogP contribution >= 0.6 is 0 Å². The van der Waals surface area contributed by atoms with Crippen LogP contribution in [0, 0.1) is 11.3 Å². The molecule has 1 aromatic rings. The van der Waals surface area contributed by atoms with E-state index in [2.05, 4.69) is 25.1 Å². The number of methoxy groups -OCH3 is 1. The molecule has 0 radical (unpaired) electrons. The van der Waals surface area contributed by atoms with Gasteiger partial charge in [-0.3, -0.25) is 0 Å². The number of aryl methyl sites for hydroxylation is 1. The fraction of sp³-hybridized carbons (Fsp3) is 0.462. The third kappa shape index (κ3) is 1.59. The summed E-state index contributed by atoms with van der Waals surface area (Å²) in [5.74, 6) is 0.853. The van der Waals surface area contributed by atoms with Crippen molar-refractivity contribution in [2.45, 2.75) is 31.6 Å². The van der Waals surface area contributed by atoms with Crippen LogP contribution in [0.2, 0.25) is 0 Å². The molecule has 1 aliphatic rings. The number of nitriles is 1. The third-order valence-electron chi connectivity index (χ3n) is 3.15. The summed E-state index contributed by atoms with van der Waals surface area (Å²) in [6.45, 7) is 2.12. The lowest BCUT2D eigenvalue weighted by atomic mass is 9.94. The molecule has 0 amide bonds. The number of hydrogen-bond donors (Lipinski definition) is 0. The number of hydrogen-bond acceptors (Lipinski definition) is 2. The standard InChI is InChI=1S/C13H15NO/c1-3-10-4-5-12(15-2)11(8-10)13(9-14)6-7-13/h4-5,8H,3,6-7H2,1-2H3. The monoisotopic (exact) mass is 201 g/mol. The molecular formula is C13H15NO. The van der Waals surface area contributed by atoms with Gasteiger partial charge in [0, 0.05) is 5.56 Å². The molecule has 1 saturated carbocycles. The molecule has 0 saturated heterocycles. The highest BCUT2D eigenvalue weighted by Gasteiger charge is 2.46. The van der Waals surface area contributed by atoms with Crippen LogP contribution in [0.5, 0.6) is 5.75 Å². The molecule has 0 heterocycles. The van der Waals surface area contributed by atoms with Gasteiger partial charge in [-0.1, -0.05) is 19.1 Å². The molecular weight excluding hydrogens is 186 g/mol. The number of benzene rings is 1. The molecule has 1 aliphatic carbocycles. The van der Waals surface area contributed by atoms with Gasteiger partial charge in [-0.25, -0.2) is 0 Å². The summed E-state index contributed by atoms with van der Waals surface area (Å²) in [5.41, 5.74) is 2.09. The lowest BCUT2D eigenvalue weighted by Gasteiger charge is -2.13. The number of ether oxygens (including phenoxy) is 1. The molecule has 0 atom stereocenters. The van der Waals surface area contributed by atoms with Gasteiger partial charge in [-0.2, -0.15) is 5.26 Å². The maximum Gasteiger partial charge on any atom is 0.123 e. The summed E-state index contributed by atoms with van der Waals surface area (Å²) in [6, 6.07) is 8.58. The van der Waals surface area contributed by atoms with E-state index in [0.717, 1.165) is 30.6 Å². The third-order valence-corrected chi connectivity index (χ3v) is 3.15. The lowest BCUT2D eigenvalue weighted by molar-refractivity contribution is 0.407. The Bertz CT molecular complexity index is 413. The molecule has 0 spiro atoms. The van der Waals surface area contributed by atoms with Gasteiger partial charge in [0.1, 0.15) is 5.75 Å². The predicted molar refractivity (Wildman–Crippen MR) is 58.9 cm³/mol. The molecule has 0 bridgehead atoms. The zero-order chi connectivity index (χ0) is 10.9. The molecule has 78 valence electrons. The summed E-state index contributed by atoms with van der Waals surface area (Å²) in [4.78, 5) is 0. The van der Waals surface area contributed by atoms with Gasteiger partial charge < -0.3 is 4.74 Å². The molecule has 15 heavy (non-hydrogen) atoms. The highest BCUT2D eigenvalue weighted by Crippen LogP contribution is 2.50. The van der Waals surface area contributed by atoms with Crippen molar-refractivity contribution < 1.29 is 4.74 Å². The Labute approximate surface area is 90.5 Å². The van der Waals surface area contributed by atoms with Gasteiger partial charge >= 0.3 is 0 Å². The van der Waals surface area contributed by atoms with Gasteiger partial charge in [0.2, 0.25) is 0 Å². The van der Waals surface area contributed by atoms with Crippen molar-refractivity contribution in [3.63, 3.8) is 0 Å². The number of nitrogens with zero attached hydrogens (tertiary/aromatic N) is 1. The average molecular weight is 201 g/mol. The second-order valence-corrected chi connectivity index (χ2v) is 4.08. The Balaban J connectivity index is 2.48. The van der Waals surface area contributed by atoms with E-state index in [1.54, 1.807) is 7.11 Å². The van der Waals surface area contributed by atoms with Crippen LogP contribution in [-0.2, 0) is 11.8 Å². The molecule has 2 nitrogen and oxygen atoms in total. The second kappa shape index (κ2) is 3.58. The molecule has 2 rings (SSSR count). The minimum absolute atomic E-state index is 0.253. The van der Waals surface area contributed by atoms with Gasteiger partial charge in [0.25, 0.3) is 0 Å². The topological polar surface area (TPSA) is 33.0 Å². The Kier molecular flexibility index (Phi) is 2.40. The minimum Gasteiger partial charge on any atom is -0.496 e. The van der Waals surface area contributed by atoms with Crippen LogP contribution in [0.1, 0.15) is 30.9 Å². The molecule has 0 unspecified atom stereocenters. The summed E-state index contributed by atoms with van der Waals surface area (Å²) in [7, 11) is 1.66. The van der Waals surface area contributed by atoms with E-state index in [-0.39, 0.29) is 5.41 Å². The van der Waals surface area contributed by atoms with Crippen LogP contribution in [-0.4, -0.2) is 7.11 Å². The van der Waals surface area contributed by atoms with Crippen LogP contribution < -0.4 is 4.74 Å². The Morgan fingerprint density at radius 2 is 2.20 bits per heavy atom. The Morgan fingerprint density at radius 3 is 2.67 bits per heavy atom. The lowest BCUT2D eigenvalue weighted by Crippen LogP contribution is -2.06. The minimum atomic E-state index is -0.253. The van der Waals surface area contributed by atoms with Crippen molar-refractivity contribution in [1.82, 2.24) is 0 Å². The highest BCUT2D eigenvalue weighted by atomic mass is 16.5. The molecule has 1 fully saturated rings. The zero-order valence-corrected chi connectivity index (χ0v) is 9.21. The summed E-state index contributed by atoms with van der Waals surface area (Å²) >= 11 is 0. The maximum absolute atomic E-state index is 9.19. The van der Waals surface area contributed by atoms with Crippen molar-refractivity contribution in [3.05, 3.63) is 29.3 Å². The highest BCUT2D eigenvalue weighted by molar-refractivity contribution is 5.49. The Morgan fingerprint density at radius 1 is 1.47 bits per heavy atom. The first-order valence-corrected chi connectivity index (χ1v) is 5.34. The molecule has 0 aliphatic heterocycles. The SMILES string of the molecule is CCc1ccc(OC)c(C2(C#N)CC2)c1. The summed E-state index contributed by atoms with van der Waals surface area (Å²) in [5, 5.41) is 9.19. The van der Waals surface area contributed by atoms with E-state index in [9.17, 15) is 5.26 Å². The quantitative estimate of drug-likeness (QED) is 0.753. The fourth-order valence-electron chi connectivity index (χ4n) is 1.92. The second-order valence-electron chi connectivity index (χ2n) is 4.08. The van der Waals surface area contributed by atoms with Crippen molar-refractivity contribution in [1.29, 1.82) is 5.26 Å². The van der Waals surface area contributed by atoms with E-state index < -0.39 is 0 Å². The molecule has 1 aromatic carbocycles. The maximum atomic E-state index is 9.19. The Hall–Kier alpha value is -1.49. The first kappa shape index (κ1) is 10.0. The largest absolute Gasteiger partial charge is 0.496 e. The zero-order valence-electron chi connectivity index (χ0n) is 9.21. The molecule has 0 N–H and O–H groups in total. The molecule has 0 aromatic heterocycles. The van der Waals surface area contributed by atoms with Crippen LogP contribution in [0.3, 0.4) is 0 Å². The first-order valence-electron chi connectivity index (χ1n) is 5.34. The van der Waals surface area contributed by atoms with Crippen molar-refractivity contribution in [3.8, 4) is 11.8 Å². The molecule has 2 heteroatoms. The van der Waals surface area contributed by atoms with Gasteiger partial charge in [-0.15, -0.1) is 0 Å². The van der Waals surface area contributed by atoms with Crippen molar-refractivity contribution in [2.75, 3.05) is 7.11 Å². The van der Waals surface area contributed by atoms with Crippen LogP contribution in [0.15, 0.2) is 18.2 Å². The van der Waals surface area contributed by atoms with Gasteiger partial charge in [-0.05, 0) is 30.9 Å².